The van der Waals surface area contributed by atoms with Crippen LogP contribution in [0.15, 0.2) is 59.4 Å². The van der Waals surface area contributed by atoms with Gasteiger partial charge in [-0.2, -0.15) is 10.1 Å². The van der Waals surface area contributed by atoms with Crippen molar-refractivity contribution in [1.29, 1.82) is 0 Å². The molecule has 36 heavy (non-hydrogen) atoms. The first-order valence-corrected chi connectivity index (χ1v) is 12.8. The van der Waals surface area contributed by atoms with Crippen LogP contribution in [-0.2, 0) is 16.6 Å². The molecule has 2 aromatic heterocycles. The van der Waals surface area contributed by atoms with E-state index in [-0.39, 0.29) is 17.0 Å². The Morgan fingerprint density at radius 3 is 2.56 bits per heavy atom. The second-order valence-electron chi connectivity index (χ2n) is 10.6. The molecule has 2 atom stereocenters. The Labute approximate surface area is 208 Å². The van der Waals surface area contributed by atoms with Gasteiger partial charge in [-0.05, 0) is 47.8 Å². The molecule has 1 unspecified atom stereocenters. The third-order valence-corrected chi connectivity index (χ3v) is 8.89. The summed E-state index contributed by atoms with van der Waals surface area (Å²) in [6, 6.07) is 18.8. The van der Waals surface area contributed by atoms with E-state index in [4.69, 9.17) is 15.5 Å². The average Bonchev–Trinajstić information content (AvgIpc) is 3.63. The molecule has 0 saturated carbocycles. The number of ether oxygens (including phenoxy) is 1. The van der Waals surface area contributed by atoms with Gasteiger partial charge in [-0.3, -0.25) is 14.9 Å². The molecular weight excluding hydrogens is 452 g/mol. The number of aromatic amines is 2. The fourth-order valence-corrected chi connectivity index (χ4v) is 6.78. The van der Waals surface area contributed by atoms with Crippen LogP contribution >= 0.6 is 0 Å². The van der Waals surface area contributed by atoms with Gasteiger partial charge in [-0.15, -0.1) is 0 Å². The van der Waals surface area contributed by atoms with E-state index in [1.54, 1.807) is 0 Å². The van der Waals surface area contributed by atoms with Gasteiger partial charge in [-0.25, -0.2) is 0 Å². The Morgan fingerprint density at radius 2 is 1.81 bits per heavy atom. The number of hydrogen-bond donors (Lipinski definition) is 3. The predicted octanol–water partition coefficient (Wildman–Crippen LogP) is 3.20. The number of anilines is 1. The topological polar surface area (TPSA) is 113 Å². The number of nitrogens with zero attached hydrogens (tertiary/aromatic N) is 3. The molecule has 0 bridgehead atoms. The van der Waals surface area contributed by atoms with Crippen molar-refractivity contribution < 1.29 is 4.74 Å². The van der Waals surface area contributed by atoms with E-state index in [2.05, 4.69) is 56.5 Å². The molecular formula is C28H30N6O2. The largest absolute Gasteiger partial charge is 0.380 e. The number of H-pyrrole nitrogens is 2. The molecule has 0 radical (unpaired) electrons. The van der Waals surface area contributed by atoms with Crippen LogP contribution < -0.4 is 16.2 Å². The van der Waals surface area contributed by atoms with Crippen LogP contribution in [0.3, 0.4) is 0 Å². The lowest BCUT2D eigenvalue weighted by molar-refractivity contribution is 0.184. The third kappa shape index (κ3) is 3.10. The maximum atomic E-state index is 13.5. The molecule has 8 nitrogen and oxygen atoms in total. The van der Waals surface area contributed by atoms with E-state index >= 15 is 0 Å². The molecule has 4 N–H and O–H groups in total. The minimum absolute atomic E-state index is 0.0574. The molecule has 4 aromatic rings. The van der Waals surface area contributed by atoms with E-state index in [0.29, 0.717) is 30.2 Å². The van der Waals surface area contributed by atoms with Gasteiger partial charge in [0, 0.05) is 25.7 Å². The van der Waals surface area contributed by atoms with Crippen molar-refractivity contribution >= 4 is 17.0 Å². The van der Waals surface area contributed by atoms with Crippen molar-refractivity contribution in [3.8, 4) is 0 Å². The molecule has 1 aliphatic carbocycles. The molecule has 3 aliphatic rings. The highest BCUT2D eigenvalue weighted by Gasteiger charge is 2.46. The molecule has 184 valence electrons. The van der Waals surface area contributed by atoms with Crippen molar-refractivity contribution in [2.75, 3.05) is 31.2 Å². The quantitative estimate of drug-likeness (QED) is 0.413. The molecule has 8 heteroatoms. The Hall–Kier alpha value is -3.49. The van der Waals surface area contributed by atoms with E-state index < -0.39 is 5.41 Å². The van der Waals surface area contributed by atoms with E-state index in [0.717, 1.165) is 50.0 Å². The minimum atomic E-state index is -0.433. The molecule has 2 fully saturated rings. The zero-order valence-electron chi connectivity index (χ0n) is 20.2. The van der Waals surface area contributed by atoms with Crippen molar-refractivity contribution in [3.63, 3.8) is 0 Å². The lowest BCUT2D eigenvalue weighted by Gasteiger charge is -2.42. The van der Waals surface area contributed by atoms with Crippen LogP contribution in [0.5, 0.6) is 0 Å². The molecule has 2 aromatic carbocycles. The van der Waals surface area contributed by atoms with Crippen LogP contribution in [0.1, 0.15) is 47.7 Å². The lowest BCUT2D eigenvalue weighted by atomic mass is 9.73. The summed E-state index contributed by atoms with van der Waals surface area (Å²) < 4.78 is 5.83. The van der Waals surface area contributed by atoms with Crippen LogP contribution in [0.25, 0.3) is 11.0 Å². The number of rotatable bonds is 3. The Morgan fingerprint density at radius 1 is 1.03 bits per heavy atom. The Kier molecular flexibility index (Phi) is 4.84. The number of nitrogens with one attached hydrogen (secondary N) is 2. The number of benzene rings is 2. The molecule has 2 aliphatic heterocycles. The monoisotopic (exact) mass is 482 g/mol. The molecule has 1 spiro atoms. The summed E-state index contributed by atoms with van der Waals surface area (Å²) in [6.45, 7) is 2.75. The average molecular weight is 483 g/mol. The zero-order chi connectivity index (χ0) is 24.3. The maximum Gasteiger partial charge on any atom is 0.263 e. The SMILES string of the molecule is N[C@@H]1c2ccccc2CC12CCN(c1nc3n[nH]c(C4(c5ccccc5)CCOC4)c3c(=O)[nH]1)CC2. The van der Waals surface area contributed by atoms with Gasteiger partial charge in [0.2, 0.25) is 5.95 Å². The molecule has 2 saturated heterocycles. The Bertz CT molecular complexity index is 1480. The van der Waals surface area contributed by atoms with Gasteiger partial charge >= 0.3 is 0 Å². The normalized spacial score (nSPS) is 25.0. The fraction of sp³-hybridized carbons (Fsp3) is 0.393. The summed E-state index contributed by atoms with van der Waals surface area (Å²) in [5.41, 5.74) is 11.2. The molecule has 7 rings (SSSR count). The standard InChI is InChI=1S/C28H30N6O2/c29-22-20-9-5-4-6-18(20)16-27(22)10-13-34(14-11-27)26-30-24-21(25(35)31-26)23(32-33-24)28(12-15-36-17-28)19-7-2-1-3-8-19/h1-9,22H,10-17,29H2,(H2,30,31,32,33,35)/t22-,28?/m1/s1. The zero-order valence-corrected chi connectivity index (χ0v) is 20.2. The highest BCUT2D eigenvalue weighted by Crippen LogP contribution is 2.50. The fourth-order valence-electron chi connectivity index (χ4n) is 6.78. The second kappa shape index (κ2) is 8.01. The predicted molar refractivity (Wildman–Crippen MR) is 138 cm³/mol. The van der Waals surface area contributed by atoms with Crippen molar-refractivity contribution in [3.05, 3.63) is 87.3 Å². The summed E-state index contributed by atoms with van der Waals surface area (Å²) in [4.78, 5) is 23.5. The van der Waals surface area contributed by atoms with Crippen molar-refractivity contribution in [2.24, 2.45) is 11.1 Å². The smallest absolute Gasteiger partial charge is 0.263 e. The summed E-state index contributed by atoms with van der Waals surface area (Å²) in [5, 5.41) is 8.20. The first kappa shape index (κ1) is 21.8. The van der Waals surface area contributed by atoms with Gasteiger partial charge in [0.15, 0.2) is 5.65 Å². The van der Waals surface area contributed by atoms with Gasteiger partial charge in [0.25, 0.3) is 5.56 Å². The van der Waals surface area contributed by atoms with E-state index in [1.165, 1.54) is 11.1 Å². The summed E-state index contributed by atoms with van der Waals surface area (Å²) in [6.07, 6.45) is 3.73. The lowest BCUT2D eigenvalue weighted by Crippen LogP contribution is -2.45. The molecule has 4 heterocycles. The van der Waals surface area contributed by atoms with Crippen LogP contribution in [0, 0.1) is 5.41 Å². The number of piperidine rings is 1. The van der Waals surface area contributed by atoms with E-state index in [1.807, 2.05) is 18.2 Å². The first-order valence-electron chi connectivity index (χ1n) is 12.8. The minimum Gasteiger partial charge on any atom is -0.380 e. The molecule has 0 amide bonds. The van der Waals surface area contributed by atoms with Crippen LogP contribution in [-0.4, -0.2) is 46.5 Å². The second-order valence-corrected chi connectivity index (χ2v) is 10.6. The summed E-state index contributed by atoms with van der Waals surface area (Å²) in [5.74, 6) is 0.584. The van der Waals surface area contributed by atoms with Crippen LogP contribution in [0.2, 0.25) is 0 Å². The van der Waals surface area contributed by atoms with Gasteiger partial charge < -0.3 is 15.4 Å². The van der Waals surface area contributed by atoms with Crippen molar-refractivity contribution in [2.45, 2.75) is 37.1 Å². The maximum absolute atomic E-state index is 13.5. The number of fused-ring (bicyclic) bond motifs is 2. The number of hydrogen-bond acceptors (Lipinski definition) is 6. The van der Waals surface area contributed by atoms with Gasteiger partial charge in [0.1, 0.15) is 5.39 Å². The van der Waals surface area contributed by atoms with Crippen LogP contribution in [0.4, 0.5) is 5.95 Å². The number of aromatic nitrogens is 4. The highest BCUT2D eigenvalue weighted by molar-refractivity contribution is 5.80. The van der Waals surface area contributed by atoms with Gasteiger partial charge in [-0.1, -0.05) is 54.6 Å². The van der Waals surface area contributed by atoms with E-state index in [9.17, 15) is 4.79 Å². The number of nitrogens with two attached hydrogens (primary N) is 1. The summed E-state index contributed by atoms with van der Waals surface area (Å²) in [7, 11) is 0. The summed E-state index contributed by atoms with van der Waals surface area (Å²) >= 11 is 0. The third-order valence-electron chi connectivity index (χ3n) is 8.89. The van der Waals surface area contributed by atoms with Crippen molar-refractivity contribution in [1.82, 2.24) is 20.2 Å². The Balaban J connectivity index is 1.19. The first-order chi connectivity index (χ1) is 17.6. The highest BCUT2D eigenvalue weighted by atomic mass is 16.5. The van der Waals surface area contributed by atoms with Gasteiger partial charge in [0.05, 0.1) is 17.7 Å².